The Morgan fingerprint density at radius 1 is 1.02 bits per heavy atom. The van der Waals surface area contributed by atoms with Crippen LogP contribution in [0.3, 0.4) is 0 Å². The van der Waals surface area contributed by atoms with Gasteiger partial charge in [0.05, 0.1) is 17.9 Å². The second-order valence-electron chi connectivity index (χ2n) is 12.6. The van der Waals surface area contributed by atoms with Gasteiger partial charge in [0.25, 0.3) is 11.8 Å². The van der Waals surface area contributed by atoms with Crippen molar-refractivity contribution in [1.82, 2.24) is 34.0 Å². The molecule has 2 bridgehead atoms. The highest BCUT2D eigenvalue weighted by atomic mass is 19.3. The van der Waals surface area contributed by atoms with Gasteiger partial charge in [0, 0.05) is 60.5 Å². The normalized spacial score (nSPS) is 24.3. The lowest BCUT2D eigenvalue weighted by Gasteiger charge is -2.71. The van der Waals surface area contributed by atoms with Crippen LogP contribution in [0.4, 0.5) is 19.0 Å². The minimum atomic E-state index is -2.60. The van der Waals surface area contributed by atoms with E-state index in [1.807, 2.05) is 34.6 Å². The molecule has 1 aliphatic heterocycles. The number of carbonyl (C=O) groups excluding carboxylic acids is 1. The summed E-state index contributed by atoms with van der Waals surface area (Å²) >= 11 is 0. The fourth-order valence-corrected chi connectivity index (χ4v) is 7.53. The highest BCUT2D eigenvalue weighted by Crippen LogP contribution is 2.67. The topological polar surface area (TPSA) is 106 Å². The molecule has 9 nitrogen and oxygen atoms in total. The predicted molar refractivity (Wildman–Crippen MR) is 154 cm³/mol. The molecule has 3 aliphatic carbocycles. The van der Waals surface area contributed by atoms with Gasteiger partial charge in [-0.2, -0.15) is 0 Å². The molecule has 0 atom stereocenters. The number of hydrogen-bond acceptors (Lipinski definition) is 6. The van der Waals surface area contributed by atoms with Gasteiger partial charge >= 0.3 is 0 Å². The number of nitrogens with two attached hydrogens (primary N) is 1. The summed E-state index contributed by atoms with van der Waals surface area (Å²) < 4.78 is 44.9. The first-order chi connectivity index (χ1) is 20.5. The van der Waals surface area contributed by atoms with Crippen LogP contribution in [0.5, 0.6) is 0 Å². The fraction of sp³-hybridized carbons (Fsp3) is 0.355. The van der Waals surface area contributed by atoms with E-state index >= 15 is 0 Å². The van der Waals surface area contributed by atoms with Crippen molar-refractivity contribution in [3.63, 3.8) is 0 Å². The van der Waals surface area contributed by atoms with Crippen LogP contribution in [0.15, 0.2) is 55.0 Å². The quantitative estimate of drug-likeness (QED) is 0.298. The molecule has 0 spiro atoms. The van der Waals surface area contributed by atoms with Crippen LogP contribution in [0, 0.1) is 18.2 Å². The molecular formula is C31H29F3N8O. The minimum absolute atomic E-state index is 0.00227. The van der Waals surface area contributed by atoms with Crippen LogP contribution in [-0.4, -0.2) is 65.7 Å². The molecule has 4 aliphatic rings. The number of alkyl halides is 2. The monoisotopic (exact) mass is 586 g/mol. The van der Waals surface area contributed by atoms with Crippen LogP contribution in [0.1, 0.15) is 41.9 Å². The number of hydrogen-bond donors (Lipinski definition) is 2. The van der Waals surface area contributed by atoms with Crippen LogP contribution in [0.25, 0.3) is 33.8 Å². The molecule has 1 saturated heterocycles. The Hall–Kier alpha value is -4.45. The number of nitrogens with one attached hydrogen (secondary N) is 1. The molecule has 0 radical (unpaired) electrons. The van der Waals surface area contributed by atoms with E-state index in [0.717, 1.165) is 36.2 Å². The zero-order chi connectivity index (χ0) is 29.7. The molecule has 43 heavy (non-hydrogen) atoms. The molecule has 4 fully saturated rings. The number of nitrogen functional groups attached to an aromatic ring is 1. The van der Waals surface area contributed by atoms with Crippen LogP contribution in [-0.2, 0) is 0 Å². The van der Waals surface area contributed by atoms with Gasteiger partial charge in [-0.25, -0.2) is 28.1 Å². The summed E-state index contributed by atoms with van der Waals surface area (Å²) in [6.45, 7) is 2.84. The molecule has 0 unspecified atom stereocenters. The summed E-state index contributed by atoms with van der Waals surface area (Å²) in [7, 11) is 0. The Kier molecular flexibility index (Phi) is 5.35. The summed E-state index contributed by atoms with van der Waals surface area (Å²) in [6, 6.07) is 9.82. The lowest BCUT2D eigenvalue weighted by atomic mass is 9.39. The molecule has 5 heterocycles. The Bertz CT molecular complexity index is 1930. The van der Waals surface area contributed by atoms with Crippen molar-refractivity contribution in [1.29, 1.82) is 0 Å². The van der Waals surface area contributed by atoms with Crippen LogP contribution < -0.4 is 11.1 Å². The molecule has 9 rings (SSSR count). The fourth-order valence-electron chi connectivity index (χ4n) is 7.53. The number of nitrogens with zero attached hydrogens (tertiary/aromatic N) is 6. The first-order valence-corrected chi connectivity index (χ1v) is 14.3. The maximum atomic E-state index is 13.8. The molecular weight excluding hydrogens is 557 g/mol. The maximum absolute atomic E-state index is 13.8. The Morgan fingerprint density at radius 2 is 1.77 bits per heavy atom. The third-order valence-electron chi connectivity index (χ3n) is 9.27. The predicted octanol–water partition coefficient (Wildman–Crippen LogP) is 4.73. The van der Waals surface area contributed by atoms with Gasteiger partial charge in [0.2, 0.25) is 0 Å². The average Bonchev–Trinajstić information content (AvgIpc) is 3.64. The van der Waals surface area contributed by atoms with E-state index in [-0.39, 0.29) is 47.2 Å². The lowest BCUT2D eigenvalue weighted by molar-refractivity contribution is -0.160. The minimum Gasteiger partial charge on any atom is -0.381 e. The highest BCUT2D eigenvalue weighted by molar-refractivity contribution is 5.95. The second kappa shape index (κ2) is 8.79. The number of benzene rings is 1. The van der Waals surface area contributed by atoms with Crippen molar-refractivity contribution in [2.24, 2.45) is 5.41 Å². The van der Waals surface area contributed by atoms with Gasteiger partial charge in [0.1, 0.15) is 17.2 Å². The molecule has 12 heteroatoms. The number of pyridine rings is 1. The number of aryl methyl sites for hydroxylation is 1. The van der Waals surface area contributed by atoms with Crippen LogP contribution in [0.2, 0.25) is 0 Å². The first kappa shape index (κ1) is 26.2. The zero-order valence-electron chi connectivity index (χ0n) is 23.4. The van der Waals surface area contributed by atoms with Gasteiger partial charge in [-0.05, 0) is 68.0 Å². The van der Waals surface area contributed by atoms with Crippen molar-refractivity contribution in [3.8, 4) is 22.5 Å². The van der Waals surface area contributed by atoms with Crippen LogP contribution >= 0.6 is 0 Å². The Balaban J connectivity index is 1.13. The number of anilines is 1. The zero-order valence-corrected chi connectivity index (χ0v) is 23.4. The van der Waals surface area contributed by atoms with Gasteiger partial charge in [0.15, 0.2) is 11.5 Å². The summed E-state index contributed by atoms with van der Waals surface area (Å²) in [5.74, 6) is -3.16. The van der Waals surface area contributed by atoms with Crippen molar-refractivity contribution >= 4 is 23.0 Å². The number of rotatable bonds is 6. The van der Waals surface area contributed by atoms with E-state index in [1.165, 1.54) is 12.1 Å². The van der Waals surface area contributed by atoms with Crippen molar-refractivity contribution in [2.75, 3.05) is 25.4 Å². The number of fused-ring (bicyclic) bond motifs is 2. The van der Waals surface area contributed by atoms with Gasteiger partial charge in [-0.1, -0.05) is 0 Å². The molecule has 5 aromatic rings. The van der Waals surface area contributed by atoms with E-state index in [1.54, 1.807) is 28.9 Å². The average molecular weight is 587 g/mol. The molecule has 3 N–H and O–H groups in total. The standard InChI is InChI=1S/C31H29F3N8O/c1-18-10-36-23-7-4-20(11-41(18)23)25-24(19-2-5-21(32)6-3-19)38-26(35)27-37-22(12-42(25)27)28(43)39-30-13-29(14-30,15-30)16-40-9-8-31(33,34)17-40/h2-7,10-12H,8-9,13-17H2,1H3,(H2,35,38)(H,39,43). The summed E-state index contributed by atoms with van der Waals surface area (Å²) in [5, 5.41) is 3.16. The Labute approximate surface area is 244 Å². The number of halogens is 3. The lowest BCUT2D eigenvalue weighted by Crippen LogP contribution is -2.76. The van der Waals surface area contributed by atoms with Crippen molar-refractivity contribution < 1.29 is 18.0 Å². The third kappa shape index (κ3) is 4.18. The molecule has 1 amide bonds. The van der Waals surface area contributed by atoms with Crippen molar-refractivity contribution in [3.05, 3.63) is 72.2 Å². The molecule has 220 valence electrons. The maximum Gasteiger partial charge on any atom is 0.271 e. The van der Waals surface area contributed by atoms with E-state index in [9.17, 15) is 18.0 Å². The molecule has 3 saturated carbocycles. The smallest absolute Gasteiger partial charge is 0.271 e. The number of imidazole rings is 2. The summed E-state index contributed by atoms with van der Waals surface area (Å²) in [4.78, 5) is 29.0. The van der Waals surface area contributed by atoms with E-state index in [2.05, 4.69) is 20.3 Å². The number of carbonyl (C=O) groups is 1. The number of likely N-dealkylation sites (tertiary alicyclic amines) is 1. The van der Waals surface area contributed by atoms with Crippen molar-refractivity contribution in [2.45, 2.75) is 44.1 Å². The van der Waals surface area contributed by atoms with Gasteiger partial charge < -0.3 is 15.5 Å². The number of aromatic nitrogens is 5. The van der Waals surface area contributed by atoms with E-state index in [4.69, 9.17) is 5.73 Å². The first-order valence-electron chi connectivity index (χ1n) is 14.3. The van der Waals surface area contributed by atoms with E-state index < -0.39 is 5.92 Å². The molecule has 4 aromatic heterocycles. The summed E-state index contributed by atoms with van der Waals surface area (Å²) in [5.41, 5.74) is 10.9. The summed E-state index contributed by atoms with van der Waals surface area (Å²) in [6.07, 6.45) is 7.61. The Morgan fingerprint density at radius 3 is 2.49 bits per heavy atom. The third-order valence-corrected chi connectivity index (χ3v) is 9.27. The highest BCUT2D eigenvalue weighted by Gasteiger charge is 2.68. The number of amides is 1. The second-order valence-corrected chi connectivity index (χ2v) is 12.6. The largest absolute Gasteiger partial charge is 0.381 e. The van der Waals surface area contributed by atoms with E-state index in [0.29, 0.717) is 35.7 Å². The van der Waals surface area contributed by atoms with Gasteiger partial charge in [-0.15, -0.1) is 0 Å². The SMILES string of the molecule is Cc1cnc2ccc(-c3c(-c4ccc(F)cc4)nc(N)c4nc(C(=O)NC56CC(CN7CCC(F)(F)C7)(C5)C6)cn34)cn12. The molecule has 1 aromatic carbocycles. The van der Waals surface area contributed by atoms with Gasteiger partial charge in [-0.3, -0.25) is 14.1 Å².